The van der Waals surface area contributed by atoms with Crippen LogP contribution < -0.4 is 10.6 Å². The number of ether oxygens (including phenoxy) is 1. The van der Waals surface area contributed by atoms with Crippen LogP contribution in [0.2, 0.25) is 0 Å². The zero-order chi connectivity index (χ0) is 15.2. The summed E-state index contributed by atoms with van der Waals surface area (Å²) in [6.45, 7) is 5.09. The Morgan fingerprint density at radius 2 is 2.14 bits per heavy atom. The Bertz CT molecular complexity index is 409. The molecule has 0 bridgehead atoms. The van der Waals surface area contributed by atoms with E-state index in [1.807, 2.05) is 7.05 Å². The van der Waals surface area contributed by atoms with Crippen LogP contribution in [0.3, 0.4) is 0 Å². The fourth-order valence-electron chi connectivity index (χ4n) is 3.37. The van der Waals surface area contributed by atoms with E-state index < -0.39 is 0 Å². The molecule has 0 radical (unpaired) electrons. The second-order valence-corrected chi connectivity index (χ2v) is 6.62. The van der Waals surface area contributed by atoms with Crippen LogP contribution in [0.1, 0.15) is 38.5 Å². The predicted octanol–water partition coefficient (Wildman–Crippen LogP) is 1.52. The molecule has 0 unspecified atom stereocenters. The van der Waals surface area contributed by atoms with Crippen molar-refractivity contribution in [2.24, 2.45) is 4.99 Å². The summed E-state index contributed by atoms with van der Waals surface area (Å²) in [5.41, 5.74) is 1.51. The number of guanidine groups is 1. The van der Waals surface area contributed by atoms with Crippen molar-refractivity contribution in [3.63, 3.8) is 0 Å². The summed E-state index contributed by atoms with van der Waals surface area (Å²) in [5.74, 6) is 0.956. The molecule has 1 saturated heterocycles. The molecular weight excluding hydrogens is 276 g/mol. The normalized spacial score (nSPS) is 25.0. The van der Waals surface area contributed by atoms with Gasteiger partial charge in [0.05, 0.1) is 13.2 Å². The Kier molecular flexibility index (Phi) is 5.73. The van der Waals surface area contributed by atoms with Gasteiger partial charge in [0.2, 0.25) is 0 Å². The topological polar surface area (TPSA) is 48.9 Å². The SMILES string of the molecule is CN=C(NCCC1=CCOCC1)NC1CCN(C2CC2)CC1. The quantitative estimate of drug-likeness (QED) is 0.459. The number of piperidine rings is 1. The lowest BCUT2D eigenvalue weighted by atomic mass is 10.1. The maximum absolute atomic E-state index is 5.34. The third-order valence-corrected chi connectivity index (χ3v) is 4.95. The molecule has 2 heterocycles. The number of rotatable bonds is 5. The minimum absolute atomic E-state index is 0.573. The van der Waals surface area contributed by atoms with Crippen molar-refractivity contribution in [1.82, 2.24) is 15.5 Å². The third-order valence-electron chi connectivity index (χ3n) is 4.95. The van der Waals surface area contributed by atoms with Gasteiger partial charge in [-0.1, -0.05) is 11.6 Å². The van der Waals surface area contributed by atoms with E-state index in [2.05, 4.69) is 26.6 Å². The molecule has 0 amide bonds. The summed E-state index contributed by atoms with van der Waals surface area (Å²) in [5, 5.41) is 7.05. The van der Waals surface area contributed by atoms with Crippen molar-refractivity contribution < 1.29 is 4.74 Å². The highest BCUT2D eigenvalue weighted by Gasteiger charge is 2.31. The summed E-state index contributed by atoms with van der Waals surface area (Å²) < 4.78 is 5.34. The molecule has 0 spiro atoms. The van der Waals surface area contributed by atoms with Crippen molar-refractivity contribution in [2.75, 3.05) is 39.9 Å². The Labute approximate surface area is 134 Å². The summed E-state index contributed by atoms with van der Waals surface area (Å²) in [4.78, 5) is 7.03. The van der Waals surface area contributed by atoms with Crippen LogP contribution in [-0.4, -0.2) is 62.8 Å². The van der Waals surface area contributed by atoms with E-state index in [9.17, 15) is 0 Å². The van der Waals surface area contributed by atoms with Gasteiger partial charge in [-0.05, 0) is 38.5 Å². The number of hydrogen-bond acceptors (Lipinski definition) is 3. The Morgan fingerprint density at radius 3 is 2.77 bits per heavy atom. The molecule has 124 valence electrons. The number of aliphatic imine (C=N–C) groups is 1. The van der Waals surface area contributed by atoms with Gasteiger partial charge in [0.15, 0.2) is 5.96 Å². The molecule has 22 heavy (non-hydrogen) atoms. The highest BCUT2D eigenvalue weighted by molar-refractivity contribution is 5.79. The third kappa shape index (κ3) is 4.71. The lowest BCUT2D eigenvalue weighted by Crippen LogP contribution is -2.49. The molecule has 5 heteroatoms. The fraction of sp³-hybridized carbons (Fsp3) is 0.824. The van der Waals surface area contributed by atoms with Crippen molar-refractivity contribution in [2.45, 2.75) is 50.6 Å². The van der Waals surface area contributed by atoms with E-state index in [1.165, 1.54) is 44.3 Å². The van der Waals surface area contributed by atoms with E-state index in [0.717, 1.165) is 44.6 Å². The molecule has 2 aliphatic heterocycles. The molecule has 1 aliphatic carbocycles. The summed E-state index contributed by atoms with van der Waals surface area (Å²) in [6.07, 6.45) is 9.69. The molecule has 0 aromatic rings. The van der Waals surface area contributed by atoms with Gasteiger partial charge in [0.1, 0.15) is 0 Å². The summed E-state index contributed by atoms with van der Waals surface area (Å²) in [6, 6.07) is 1.48. The van der Waals surface area contributed by atoms with Gasteiger partial charge in [-0.25, -0.2) is 0 Å². The molecule has 3 rings (SSSR count). The number of nitrogens with one attached hydrogen (secondary N) is 2. The molecule has 2 fully saturated rings. The summed E-state index contributed by atoms with van der Waals surface area (Å²) >= 11 is 0. The lowest BCUT2D eigenvalue weighted by molar-refractivity contribution is 0.153. The molecular formula is C17H30N4O. The monoisotopic (exact) mass is 306 g/mol. The smallest absolute Gasteiger partial charge is 0.191 e. The van der Waals surface area contributed by atoms with E-state index in [-0.39, 0.29) is 0 Å². The van der Waals surface area contributed by atoms with Crippen LogP contribution in [0.5, 0.6) is 0 Å². The first kappa shape index (κ1) is 15.8. The molecule has 0 aromatic carbocycles. The largest absolute Gasteiger partial charge is 0.377 e. The lowest BCUT2D eigenvalue weighted by Gasteiger charge is -2.33. The average molecular weight is 306 g/mol. The van der Waals surface area contributed by atoms with Crippen molar-refractivity contribution in [1.29, 1.82) is 0 Å². The van der Waals surface area contributed by atoms with E-state index >= 15 is 0 Å². The van der Waals surface area contributed by atoms with Gasteiger partial charge in [-0.3, -0.25) is 4.99 Å². The van der Waals surface area contributed by atoms with Crippen LogP contribution in [-0.2, 0) is 4.74 Å². The average Bonchev–Trinajstić information content (AvgIpc) is 3.40. The highest BCUT2D eigenvalue weighted by atomic mass is 16.5. The van der Waals surface area contributed by atoms with Crippen molar-refractivity contribution >= 4 is 5.96 Å². The number of nitrogens with zero attached hydrogens (tertiary/aromatic N) is 2. The van der Waals surface area contributed by atoms with Crippen molar-refractivity contribution in [3.05, 3.63) is 11.6 Å². The molecule has 1 saturated carbocycles. The molecule has 5 nitrogen and oxygen atoms in total. The minimum Gasteiger partial charge on any atom is -0.377 e. The maximum atomic E-state index is 5.34. The highest BCUT2D eigenvalue weighted by Crippen LogP contribution is 2.29. The molecule has 3 aliphatic rings. The number of likely N-dealkylation sites (tertiary alicyclic amines) is 1. The standard InChI is InChI=1S/C17H30N4O/c1-18-17(19-9-4-14-7-12-22-13-8-14)20-15-5-10-21(11-6-15)16-2-3-16/h7,15-16H,2-6,8-13H2,1H3,(H2,18,19,20). The van der Waals surface area contributed by atoms with Crippen LogP contribution in [0.25, 0.3) is 0 Å². The van der Waals surface area contributed by atoms with Crippen LogP contribution in [0.4, 0.5) is 0 Å². The minimum atomic E-state index is 0.573. The first-order valence-electron chi connectivity index (χ1n) is 8.82. The Hall–Kier alpha value is -1.07. The van der Waals surface area contributed by atoms with Gasteiger partial charge in [0, 0.05) is 38.8 Å². The van der Waals surface area contributed by atoms with Crippen LogP contribution >= 0.6 is 0 Å². The van der Waals surface area contributed by atoms with Crippen molar-refractivity contribution in [3.8, 4) is 0 Å². The first-order chi connectivity index (χ1) is 10.8. The zero-order valence-corrected chi connectivity index (χ0v) is 13.8. The van der Waals surface area contributed by atoms with Crippen LogP contribution in [0, 0.1) is 0 Å². The van der Waals surface area contributed by atoms with Gasteiger partial charge in [-0.15, -0.1) is 0 Å². The van der Waals surface area contributed by atoms with Crippen LogP contribution in [0.15, 0.2) is 16.6 Å². The van der Waals surface area contributed by atoms with E-state index in [0.29, 0.717) is 6.04 Å². The second kappa shape index (κ2) is 7.97. The van der Waals surface area contributed by atoms with E-state index in [1.54, 1.807) is 0 Å². The molecule has 2 N–H and O–H groups in total. The molecule has 0 atom stereocenters. The fourth-order valence-corrected chi connectivity index (χ4v) is 3.37. The van der Waals surface area contributed by atoms with Gasteiger partial charge >= 0.3 is 0 Å². The first-order valence-corrected chi connectivity index (χ1v) is 8.82. The predicted molar refractivity (Wildman–Crippen MR) is 90.3 cm³/mol. The summed E-state index contributed by atoms with van der Waals surface area (Å²) in [7, 11) is 1.86. The Balaban J connectivity index is 1.34. The zero-order valence-electron chi connectivity index (χ0n) is 13.8. The Morgan fingerprint density at radius 1 is 1.32 bits per heavy atom. The van der Waals surface area contributed by atoms with E-state index in [4.69, 9.17) is 4.74 Å². The van der Waals surface area contributed by atoms with Gasteiger partial charge in [-0.2, -0.15) is 0 Å². The number of hydrogen-bond donors (Lipinski definition) is 2. The van der Waals surface area contributed by atoms with Gasteiger partial charge < -0.3 is 20.3 Å². The molecule has 0 aromatic heterocycles. The van der Waals surface area contributed by atoms with Gasteiger partial charge in [0.25, 0.3) is 0 Å². The maximum Gasteiger partial charge on any atom is 0.191 e. The second-order valence-electron chi connectivity index (χ2n) is 6.62.